The van der Waals surface area contributed by atoms with Crippen LogP contribution in [0.4, 0.5) is 0 Å². The van der Waals surface area contributed by atoms with Crippen LogP contribution in [-0.2, 0) is 4.79 Å². The highest BCUT2D eigenvalue weighted by Crippen LogP contribution is 2.10. The van der Waals surface area contributed by atoms with Crippen molar-refractivity contribution < 1.29 is 4.79 Å². The summed E-state index contributed by atoms with van der Waals surface area (Å²) in [5, 5.41) is 2.07. The fourth-order valence-electron chi connectivity index (χ4n) is 2.59. The highest BCUT2D eigenvalue weighted by Gasteiger charge is 2.07. The standard InChI is InChI=1S/C18H38N2O/c1-4-7-8-9-10-11-12-13-14-15-18(21)19-20(16-5-2)17-6-3/h4-17H2,1-3H3,(H,19,21). The topological polar surface area (TPSA) is 32.3 Å². The van der Waals surface area contributed by atoms with Gasteiger partial charge in [-0.3, -0.25) is 10.2 Å². The summed E-state index contributed by atoms with van der Waals surface area (Å²) in [4.78, 5) is 11.9. The second-order valence-corrected chi connectivity index (χ2v) is 6.10. The number of nitrogens with one attached hydrogen (secondary N) is 1. The molecule has 0 fully saturated rings. The molecule has 0 aromatic heterocycles. The van der Waals surface area contributed by atoms with E-state index in [4.69, 9.17) is 0 Å². The Balaban J connectivity index is 3.43. The second kappa shape index (κ2) is 15.8. The number of carbonyl (C=O) groups excluding carboxylic acids is 1. The van der Waals surface area contributed by atoms with Crippen molar-refractivity contribution in [1.82, 2.24) is 10.4 Å². The second-order valence-electron chi connectivity index (χ2n) is 6.10. The van der Waals surface area contributed by atoms with Gasteiger partial charge in [0.05, 0.1) is 0 Å². The number of rotatable bonds is 15. The van der Waals surface area contributed by atoms with E-state index in [9.17, 15) is 4.79 Å². The van der Waals surface area contributed by atoms with Crippen LogP contribution in [0.5, 0.6) is 0 Å². The summed E-state index contributed by atoms with van der Waals surface area (Å²) >= 11 is 0. The predicted octanol–water partition coefficient (Wildman–Crippen LogP) is 5.06. The number of amides is 1. The van der Waals surface area contributed by atoms with E-state index >= 15 is 0 Å². The molecule has 0 bridgehead atoms. The monoisotopic (exact) mass is 298 g/mol. The van der Waals surface area contributed by atoms with Crippen molar-refractivity contribution in [1.29, 1.82) is 0 Å². The Kier molecular flexibility index (Phi) is 15.4. The first-order valence-corrected chi connectivity index (χ1v) is 9.29. The Morgan fingerprint density at radius 3 is 1.67 bits per heavy atom. The SMILES string of the molecule is CCCCCCCCCCCC(=O)NN(CCC)CCC. The molecule has 0 spiro atoms. The zero-order valence-electron chi connectivity index (χ0n) is 14.8. The lowest BCUT2D eigenvalue weighted by Gasteiger charge is -2.21. The van der Waals surface area contributed by atoms with E-state index in [0.717, 1.165) is 32.4 Å². The van der Waals surface area contributed by atoms with Crippen molar-refractivity contribution in [3.05, 3.63) is 0 Å². The average molecular weight is 299 g/mol. The molecule has 0 heterocycles. The zero-order valence-corrected chi connectivity index (χ0v) is 14.8. The summed E-state index contributed by atoms with van der Waals surface area (Å²) in [6.45, 7) is 8.46. The van der Waals surface area contributed by atoms with Crippen molar-refractivity contribution >= 4 is 5.91 Å². The summed E-state index contributed by atoms with van der Waals surface area (Å²) in [5.41, 5.74) is 3.04. The summed E-state index contributed by atoms with van der Waals surface area (Å²) in [6.07, 6.45) is 14.5. The molecule has 1 amide bonds. The van der Waals surface area contributed by atoms with Crippen molar-refractivity contribution in [2.24, 2.45) is 0 Å². The molecule has 0 saturated carbocycles. The van der Waals surface area contributed by atoms with Crippen LogP contribution in [0.15, 0.2) is 0 Å². The van der Waals surface area contributed by atoms with Gasteiger partial charge in [-0.25, -0.2) is 5.01 Å². The predicted molar refractivity (Wildman–Crippen MR) is 92.1 cm³/mol. The van der Waals surface area contributed by atoms with E-state index < -0.39 is 0 Å². The summed E-state index contributed by atoms with van der Waals surface area (Å²) in [7, 11) is 0. The third-order valence-electron chi connectivity index (χ3n) is 3.78. The van der Waals surface area contributed by atoms with Crippen molar-refractivity contribution in [2.45, 2.75) is 97.8 Å². The van der Waals surface area contributed by atoms with E-state index in [1.807, 2.05) is 0 Å². The molecular formula is C18H38N2O. The van der Waals surface area contributed by atoms with Crippen LogP contribution in [0.1, 0.15) is 97.8 Å². The fourth-order valence-corrected chi connectivity index (χ4v) is 2.59. The number of unbranched alkanes of at least 4 members (excludes halogenated alkanes) is 8. The lowest BCUT2D eigenvalue weighted by atomic mass is 10.1. The van der Waals surface area contributed by atoms with Crippen LogP contribution >= 0.6 is 0 Å². The largest absolute Gasteiger partial charge is 0.289 e. The van der Waals surface area contributed by atoms with Crippen LogP contribution in [0, 0.1) is 0 Å². The third-order valence-corrected chi connectivity index (χ3v) is 3.78. The van der Waals surface area contributed by atoms with Gasteiger partial charge in [0.1, 0.15) is 0 Å². The number of carbonyl (C=O) groups is 1. The highest BCUT2D eigenvalue weighted by atomic mass is 16.2. The van der Waals surface area contributed by atoms with E-state index in [1.165, 1.54) is 51.4 Å². The number of hydrazine groups is 1. The van der Waals surface area contributed by atoms with Crippen LogP contribution in [-0.4, -0.2) is 24.0 Å². The lowest BCUT2D eigenvalue weighted by molar-refractivity contribution is -0.126. The molecule has 0 atom stereocenters. The number of hydrogen-bond acceptors (Lipinski definition) is 2. The minimum Gasteiger partial charge on any atom is -0.289 e. The van der Waals surface area contributed by atoms with Gasteiger partial charge in [0, 0.05) is 19.5 Å². The van der Waals surface area contributed by atoms with Gasteiger partial charge in [-0.1, -0.05) is 72.1 Å². The Hall–Kier alpha value is -0.570. The summed E-state index contributed by atoms with van der Waals surface area (Å²) in [5.74, 6) is 0.194. The van der Waals surface area contributed by atoms with Gasteiger partial charge in [-0.2, -0.15) is 0 Å². The molecule has 0 aromatic carbocycles. The van der Waals surface area contributed by atoms with E-state index in [-0.39, 0.29) is 5.91 Å². The summed E-state index contributed by atoms with van der Waals surface area (Å²) in [6, 6.07) is 0. The van der Waals surface area contributed by atoms with Crippen molar-refractivity contribution in [2.75, 3.05) is 13.1 Å². The molecule has 21 heavy (non-hydrogen) atoms. The van der Waals surface area contributed by atoms with Gasteiger partial charge in [0.15, 0.2) is 0 Å². The first-order chi connectivity index (χ1) is 10.2. The van der Waals surface area contributed by atoms with Crippen molar-refractivity contribution in [3.63, 3.8) is 0 Å². The van der Waals surface area contributed by atoms with Gasteiger partial charge in [0.25, 0.3) is 0 Å². The molecule has 0 aliphatic heterocycles. The molecule has 0 saturated heterocycles. The Bertz CT molecular complexity index is 225. The Labute approximate surface area is 132 Å². The van der Waals surface area contributed by atoms with Crippen molar-refractivity contribution in [3.8, 4) is 0 Å². The maximum Gasteiger partial charge on any atom is 0.234 e. The minimum atomic E-state index is 0.194. The van der Waals surface area contributed by atoms with E-state index in [0.29, 0.717) is 6.42 Å². The molecular weight excluding hydrogens is 260 g/mol. The molecule has 126 valence electrons. The quantitative estimate of drug-likeness (QED) is 0.338. The van der Waals surface area contributed by atoms with Gasteiger partial charge in [-0.15, -0.1) is 0 Å². The normalized spacial score (nSPS) is 11.0. The molecule has 0 radical (unpaired) electrons. The fraction of sp³-hybridized carbons (Fsp3) is 0.944. The lowest BCUT2D eigenvalue weighted by Crippen LogP contribution is -2.42. The molecule has 0 aliphatic rings. The van der Waals surface area contributed by atoms with Gasteiger partial charge >= 0.3 is 0 Å². The number of hydrogen-bond donors (Lipinski definition) is 1. The number of nitrogens with zero attached hydrogens (tertiary/aromatic N) is 1. The average Bonchev–Trinajstić information content (AvgIpc) is 2.46. The maximum absolute atomic E-state index is 11.9. The molecule has 1 N–H and O–H groups in total. The minimum absolute atomic E-state index is 0.194. The molecule has 3 nitrogen and oxygen atoms in total. The Morgan fingerprint density at radius 1 is 0.714 bits per heavy atom. The van der Waals surface area contributed by atoms with Gasteiger partial charge in [0.2, 0.25) is 5.91 Å². The highest BCUT2D eigenvalue weighted by molar-refractivity contribution is 5.75. The van der Waals surface area contributed by atoms with E-state index in [1.54, 1.807) is 0 Å². The molecule has 0 aliphatic carbocycles. The van der Waals surface area contributed by atoms with Crippen LogP contribution < -0.4 is 5.43 Å². The van der Waals surface area contributed by atoms with Gasteiger partial charge in [-0.05, 0) is 19.3 Å². The third kappa shape index (κ3) is 14.1. The summed E-state index contributed by atoms with van der Waals surface area (Å²) < 4.78 is 0. The molecule has 0 aromatic rings. The van der Waals surface area contributed by atoms with Crippen LogP contribution in [0.25, 0.3) is 0 Å². The molecule has 3 heteroatoms. The molecule has 0 rings (SSSR count). The maximum atomic E-state index is 11.9. The smallest absolute Gasteiger partial charge is 0.234 e. The Morgan fingerprint density at radius 2 is 1.19 bits per heavy atom. The first-order valence-electron chi connectivity index (χ1n) is 9.29. The van der Waals surface area contributed by atoms with Crippen LogP contribution in [0.3, 0.4) is 0 Å². The van der Waals surface area contributed by atoms with E-state index in [2.05, 4.69) is 31.2 Å². The van der Waals surface area contributed by atoms with Crippen LogP contribution in [0.2, 0.25) is 0 Å². The first kappa shape index (κ1) is 20.4. The van der Waals surface area contributed by atoms with Gasteiger partial charge < -0.3 is 0 Å². The molecule has 0 unspecified atom stereocenters. The zero-order chi connectivity index (χ0) is 15.8.